The maximum atomic E-state index is 3.77. The first-order valence-electron chi connectivity index (χ1n) is 9.14. The normalized spacial score (nSPS) is 40.5. The molecule has 0 aromatic rings. The molecule has 118 valence electrons. The third-order valence-corrected chi connectivity index (χ3v) is 6.02. The molecule has 0 spiro atoms. The van der Waals surface area contributed by atoms with Gasteiger partial charge in [-0.15, -0.1) is 0 Å². The minimum atomic E-state index is 0.738. The third-order valence-electron chi connectivity index (χ3n) is 6.02. The topological polar surface area (TPSA) is 15.3 Å². The number of rotatable bonds is 4. The molecule has 5 unspecified atom stereocenters. The molecule has 2 fully saturated rings. The molecule has 20 heavy (non-hydrogen) atoms. The van der Waals surface area contributed by atoms with Gasteiger partial charge in [-0.3, -0.25) is 4.90 Å². The molecule has 1 saturated carbocycles. The predicted octanol–water partition coefficient (Wildman–Crippen LogP) is 4.05. The van der Waals surface area contributed by atoms with Gasteiger partial charge in [0.05, 0.1) is 0 Å². The first-order chi connectivity index (χ1) is 9.65. The van der Waals surface area contributed by atoms with Crippen LogP contribution in [-0.4, -0.2) is 36.1 Å². The van der Waals surface area contributed by atoms with Gasteiger partial charge in [-0.2, -0.15) is 0 Å². The molecule has 5 atom stereocenters. The van der Waals surface area contributed by atoms with E-state index < -0.39 is 0 Å². The van der Waals surface area contributed by atoms with Crippen LogP contribution < -0.4 is 5.32 Å². The van der Waals surface area contributed by atoms with Gasteiger partial charge in [-0.1, -0.05) is 40.0 Å². The molecule has 2 heteroatoms. The average molecular weight is 280 g/mol. The van der Waals surface area contributed by atoms with E-state index in [4.69, 9.17) is 0 Å². The molecule has 0 amide bonds. The smallest absolute Gasteiger partial charge is 0.0124 e. The summed E-state index contributed by atoms with van der Waals surface area (Å²) in [5, 5.41) is 3.77. The average Bonchev–Trinajstić information content (AvgIpc) is 2.65. The molecule has 1 N–H and O–H groups in total. The lowest BCUT2D eigenvalue weighted by atomic mass is 9.83. The Bertz CT molecular complexity index is 279. The molecule has 2 aliphatic rings. The van der Waals surface area contributed by atoms with Gasteiger partial charge in [0, 0.05) is 24.7 Å². The predicted molar refractivity (Wildman–Crippen MR) is 88.1 cm³/mol. The highest BCUT2D eigenvalue weighted by molar-refractivity contribution is 4.93. The van der Waals surface area contributed by atoms with Crippen LogP contribution in [0.1, 0.15) is 72.6 Å². The summed E-state index contributed by atoms with van der Waals surface area (Å²) >= 11 is 0. The highest BCUT2D eigenvalue weighted by Crippen LogP contribution is 2.33. The standard InChI is InChI=1S/C18H36N2/c1-5-12-19-17-11-13-20(16(4)15(17)3)18-10-8-6-7-9-14(18)2/h14-19H,5-13H2,1-4H3. The van der Waals surface area contributed by atoms with Gasteiger partial charge in [0.1, 0.15) is 0 Å². The first kappa shape index (κ1) is 16.3. The Kier molecular flexibility index (Phi) is 6.35. The number of nitrogens with zero attached hydrogens (tertiary/aromatic N) is 1. The van der Waals surface area contributed by atoms with Crippen LogP contribution in [0, 0.1) is 11.8 Å². The zero-order chi connectivity index (χ0) is 14.5. The summed E-state index contributed by atoms with van der Waals surface area (Å²) < 4.78 is 0. The second-order valence-corrected chi connectivity index (χ2v) is 7.37. The van der Waals surface area contributed by atoms with Crippen LogP contribution in [0.4, 0.5) is 0 Å². The summed E-state index contributed by atoms with van der Waals surface area (Å²) in [6.45, 7) is 12.2. The fraction of sp³-hybridized carbons (Fsp3) is 1.00. The molecule has 1 aliphatic heterocycles. The fourth-order valence-electron chi connectivity index (χ4n) is 4.44. The number of nitrogens with one attached hydrogen (secondary N) is 1. The molecule has 2 nitrogen and oxygen atoms in total. The van der Waals surface area contributed by atoms with E-state index in [1.807, 2.05) is 0 Å². The Morgan fingerprint density at radius 1 is 1.00 bits per heavy atom. The van der Waals surface area contributed by atoms with Crippen molar-refractivity contribution in [3.63, 3.8) is 0 Å². The molecule has 0 aromatic heterocycles. The van der Waals surface area contributed by atoms with Crippen LogP contribution in [0.5, 0.6) is 0 Å². The van der Waals surface area contributed by atoms with Gasteiger partial charge in [-0.25, -0.2) is 0 Å². The van der Waals surface area contributed by atoms with Crippen molar-refractivity contribution in [2.24, 2.45) is 11.8 Å². The maximum absolute atomic E-state index is 3.77. The second kappa shape index (κ2) is 7.79. The quantitative estimate of drug-likeness (QED) is 0.781. The monoisotopic (exact) mass is 280 g/mol. The van der Waals surface area contributed by atoms with Crippen molar-refractivity contribution in [2.45, 2.75) is 90.8 Å². The number of likely N-dealkylation sites (tertiary alicyclic amines) is 1. The molecule has 0 aromatic carbocycles. The lowest BCUT2D eigenvalue weighted by Crippen LogP contribution is -2.57. The summed E-state index contributed by atoms with van der Waals surface area (Å²) in [6, 6.07) is 2.33. The fourth-order valence-corrected chi connectivity index (χ4v) is 4.44. The summed E-state index contributed by atoms with van der Waals surface area (Å²) in [7, 11) is 0. The number of piperidine rings is 1. The molecule has 1 heterocycles. The van der Waals surface area contributed by atoms with Crippen LogP contribution >= 0.6 is 0 Å². The van der Waals surface area contributed by atoms with Gasteiger partial charge < -0.3 is 5.32 Å². The van der Waals surface area contributed by atoms with Crippen molar-refractivity contribution in [3.8, 4) is 0 Å². The van der Waals surface area contributed by atoms with Crippen LogP contribution in [-0.2, 0) is 0 Å². The van der Waals surface area contributed by atoms with E-state index in [1.54, 1.807) is 0 Å². The maximum Gasteiger partial charge on any atom is 0.0124 e. The van der Waals surface area contributed by atoms with Gasteiger partial charge in [0.2, 0.25) is 0 Å². The van der Waals surface area contributed by atoms with Gasteiger partial charge in [0.25, 0.3) is 0 Å². The Morgan fingerprint density at radius 3 is 2.50 bits per heavy atom. The minimum Gasteiger partial charge on any atom is -0.314 e. The van der Waals surface area contributed by atoms with E-state index in [9.17, 15) is 0 Å². The van der Waals surface area contributed by atoms with E-state index in [1.165, 1.54) is 58.0 Å². The molecule has 1 saturated heterocycles. The lowest BCUT2D eigenvalue weighted by molar-refractivity contribution is 0.0231. The van der Waals surface area contributed by atoms with Crippen molar-refractivity contribution in [1.82, 2.24) is 10.2 Å². The Balaban J connectivity index is 1.96. The molecular weight excluding hydrogens is 244 g/mol. The van der Waals surface area contributed by atoms with E-state index in [-0.39, 0.29) is 0 Å². The molecular formula is C18H36N2. The zero-order valence-electron chi connectivity index (χ0n) is 14.2. The van der Waals surface area contributed by atoms with Crippen molar-refractivity contribution in [3.05, 3.63) is 0 Å². The van der Waals surface area contributed by atoms with Gasteiger partial charge in [-0.05, 0) is 51.0 Å². The van der Waals surface area contributed by atoms with Crippen molar-refractivity contribution < 1.29 is 0 Å². The van der Waals surface area contributed by atoms with Crippen molar-refractivity contribution in [2.75, 3.05) is 13.1 Å². The third kappa shape index (κ3) is 3.76. The van der Waals surface area contributed by atoms with Crippen LogP contribution in [0.25, 0.3) is 0 Å². The molecule has 0 radical (unpaired) electrons. The van der Waals surface area contributed by atoms with Gasteiger partial charge in [0.15, 0.2) is 0 Å². The largest absolute Gasteiger partial charge is 0.314 e. The van der Waals surface area contributed by atoms with E-state index >= 15 is 0 Å². The summed E-state index contributed by atoms with van der Waals surface area (Å²) in [5.41, 5.74) is 0. The first-order valence-corrected chi connectivity index (χ1v) is 9.14. The van der Waals surface area contributed by atoms with Gasteiger partial charge >= 0.3 is 0 Å². The molecule has 1 aliphatic carbocycles. The summed E-state index contributed by atoms with van der Waals surface area (Å²) in [4.78, 5) is 2.87. The van der Waals surface area contributed by atoms with Crippen molar-refractivity contribution in [1.29, 1.82) is 0 Å². The zero-order valence-corrected chi connectivity index (χ0v) is 14.2. The number of hydrogen-bond acceptors (Lipinski definition) is 2. The summed E-state index contributed by atoms with van der Waals surface area (Å²) in [5.74, 6) is 1.68. The van der Waals surface area contributed by atoms with E-state index in [0.29, 0.717) is 0 Å². The lowest BCUT2D eigenvalue weighted by Gasteiger charge is -2.48. The molecule has 0 bridgehead atoms. The molecule has 2 rings (SSSR count). The minimum absolute atomic E-state index is 0.738. The van der Waals surface area contributed by atoms with E-state index in [0.717, 1.165) is 30.0 Å². The highest BCUT2D eigenvalue weighted by Gasteiger charge is 2.37. The second-order valence-electron chi connectivity index (χ2n) is 7.37. The Morgan fingerprint density at radius 2 is 1.75 bits per heavy atom. The summed E-state index contributed by atoms with van der Waals surface area (Å²) in [6.07, 6.45) is 9.83. The van der Waals surface area contributed by atoms with Crippen LogP contribution in [0.3, 0.4) is 0 Å². The van der Waals surface area contributed by atoms with Crippen LogP contribution in [0.2, 0.25) is 0 Å². The van der Waals surface area contributed by atoms with E-state index in [2.05, 4.69) is 37.9 Å². The Labute approximate surface area is 126 Å². The highest BCUT2D eigenvalue weighted by atomic mass is 15.2. The SMILES string of the molecule is CCCNC1CCN(C2CCCCCC2C)C(C)C1C. The van der Waals surface area contributed by atoms with Crippen molar-refractivity contribution >= 4 is 0 Å². The van der Waals surface area contributed by atoms with Crippen LogP contribution in [0.15, 0.2) is 0 Å². The number of hydrogen-bond donors (Lipinski definition) is 1. The Hall–Kier alpha value is -0.0800.